The first-order chi connectivity index (χ1) is 17.1. The van der Waals surface area contributed by atoms with Crippen molar-refractivity contribution in [3.8, 4) is 0 Å². The number of hydrogen-bond donors (Lipinski definition) is 3. The molecule has 7 heteroatoms. The van der Waals surface area contributed by atoms with Crippen LogP contribution >= 0.6 is 0 Å². The van der Waals surface area contributed by atoms with Gasteiger partial charge in [0, 0.05) is 38.6 Å². The molecule has 3 fully saturated rings. The van der Waals surface area contributed by atoms with Crippen molar-refractivity contribution in [2.75, 3.05) is 39.4 Å². The smallest absolute Gasteiger partial charge is 0.224 e. The van der Waals surface area contributed by atoms with Crippen LogP contribution in [0.2, 0.25) is 0 Å². The molecule has 4 rings (SSSR count). The van der Waals surface area contributed by atoms with E-state index < -0.39 is 5.60 Å². The van der Waals surface area contributed by atoms with Gasteiger partial charge in [0.15, 0.2) is 0 Å². The molecule has 0 unspecified atom stereocenters. The van der Waals surface area contributed by atoms with E-state index in [1.807, 2.05) is 37.3 Å². The zero-order valence-corrected chi connectivity index (χ0v) is 22.4. The van der Waals surface area contributed by atoms with Crippen LogP contribution in [0.25, 0.3) is 0 Å². The lowest BCUT2D eigenvalue weighted by atomic mass is 9.57. The van der Waals surface area contributed by atoms with Gasteiger partial charge in [0.1, 0.15) is 0 Å². The molecule has 2 amide bonds. The van der Waals surface area contributed by atoms with E-state index in [0.717, 1.165) is 57.7 Å². The first-order valence-electron chi connectivity index (χ1n) is 13.7. The van der Waals surface area contributed by atoms with Crippen molar-refractivity contribution in [3.63, 3.8) is 0 Å². The Morgan fingerprint density at radius 2 is 1.78 bits per heavy atom. The summed E-state index contributed by atoms with van der Waals surface area (Å²) >= 11 is 0. The van der Waals surface area contributed by atoms with Crippen LogP contribution in [0.3, 0.4) is 0 Å². The Balaban J connectivity index is 1.41. The summed E-state index contributed by atoms with van der Waals surface area (Å²) in [7, 11) is 0. The fourth-order valence-electron chi connectivity index (χ4n) is 7.07. The molecule has 1 heterocycles. The minimum atomic E-state index is -0.700. The molecule has 1 saturated heterocycles. The van der Waals surface area contributed by atoms with Crippen molar-refractivity contribution in [3.05, 3.63) is 35.9 Å². The van der Waals surface area contributed by atoms with E-state index >= 15 is 0 Å². The summed E-state index contributed by atoms with van der Waals surface area (Å²) in [6, 6.07) is 9.84. The third kappa shape index (κ3) is 6.48. The zero-order chi connectivity index (χ0) is 25.8. The lowest BCUT2D eigenvalue weighted by Crippen LogP contribution is -2.53. The molecule has 1 aromatic rings. The first kappa shape index (κ1) is 27.1. The molecule has 1 aromatic carbocycles. The summed E-state index contributed by atoms with van der Waals surface area (Å²) in [6.45, 7) is 11.3. The van der Waals surface area contributed by atoms with Crippen LogP contribution in [0.1, 0.15) is 64.9 Å². The van der Waals surface area contributed by atoms with E-state index in [9.17, 15) is 14.7 Å². The summed E-state index contributed by atoms with van der Waals surface area (Å²) in [6.07, 6.45) is 4.64. The number of fused-ring (bicyclic) bond motifs is 1. The van der Waals surface area contributed by atoms with Crippen LogP contribution in [-0.2, 0) is 20.7 Å². The topological polar surface area (TPSA) is 90.9 Å². The average Bonchev–Trinajstić information content (AvgIpc) is 3.04. The SMILES string of the molecule is CC1(C)C[C@H](NC(=O)Cc2ccccc2)[C@@]2(CCC(=O)NCCN3CCOCC3)CC[C@](C)(O)C[C@@H]12. The second-order valence-electron chi connectivity index (χ2n) is 12.3. The van der Waals surface area contributed by atoms with Gasteiger partial charge in [0.25, 0.3) is 0 Å². The number of benzene rings is 1. The number of morpholine rings is 1. The van der Waals surface area contributed by atoms with E-state index in [0.29, 0.717) is 32.2 Å². The Kier molecular flexibility index (Phi) is 8.42. The monoisotopic (exact) mass is 499 g/mol. The predicted octanol–water partition coefficient (Wildman–Crippen LogP) is 2.91. The van der Waals surface area contributed by atoms with E-state index in [-0.39, 0.29) is 34.6 Å². The molecule has 3 N–H and O–H groups in total. The van der Waals surface area contributed by atoms with Crippen molar-refractivity contribution in [1.82, 2.24) is 15.5 Å². The van der Waals surface area contributed by atoms with Crippen LogP contribution in [0, 0.1) is 16.7 Å². The lowest BCUT2D eigenvalue weighted by Gasteiger charge is -2.50. The number of nitrogens with zero attached hydrogens (tertiary/aromatic N) is 1. The minimum absolute atomic E-state index is 0.00552. The quantitative estimate of drug-likeness (QED) is 0.486. The largest absolute Gasteiger partial charge is 0.390 e. The fourth-order valence-corrected chi connectivity index (χ4v) is 7.07. The molecular formula is C29H45N3O4. The van der Waals surface area contributed by atoms with Crippen LogP contribution < -0.4 is 10.6 Å². The predicted molar refractivity (Wildman–Crippen MR) is 140 cm³/mol. The highest BCUT2D eigenvalue weighted by Gasteiger charge is 2.61. The summed E-state index contributed by atoms with van der Waals surface area (Å²) in [5.74, 6) is 0.360. The highest BCUT2D eigenvalue weighted by atomic mass is 16.5. The molecule has 3 aliphatic rings. The summed E-state index contributed by atoms with van der Waals surface area (Å²) in [4.78, 5) is 28.3. The van der Waals surface area contributed by atoms with Crippen LogP contribution in [0.5, 0.6) is 0 Å². The minimum Gasteiger partial charge on any atom is -0.390 e. The van der Waals surface area contributed by atoms with Crippen molar-refractivity contribution < 1.29 is 19.4 Å². The van der Waals surface area contributed by atoms with Gasteiger partial charge in [-0.25, -0.2) is 0 Å². The summed E-state index contributed by atoms with van der Waals surface area (Å²) < 4.78 is 5.40. The number of carbonyl (C=O) groups excluding carboxylic acids is 2. The third-order valence-corrected chi connectivity index (χ3v) is 9.05. The number of hydrogen-bond acceptors (Lipinski definition) is 5. The summed E-state index contributed by atoms with van der Waals surface area (Å²) in [5, 5.41) is 17.5. The third-order valence-electron chi connectivity index (χ3n) is 9.05. The van der Waals surface area contributed by atoms with E-state index in [1.54, 1.807) is 0 Å². The molecular weight excluding hydrogens is 454 g/mol. The van der Waals surface area contributed by atoms with Gasteiger partial charge in [0.05, 0.1) is 25.2 Å². The molecule has 2 aliphatic carbocycles. The van der Waals surface area contributed by atoms with Gasteiger partial charge in [-0.1, -0.05) is 44.2 Å². The standard InChI is InChI=1S/C29H45N3O4/c1-27(2)21-24(31-26(34)19-22-7-5-4-6-8-22)29(12-11-28(3,35)20-23(27)29)10-9-25(33)30-13-14-32-15-17-36-18-16-32/h4-8,23-24,35H,9-21H2,1-3H3,(H,30,33)(H,31,34)/t23-,24-,28-,29-/m0/s1. The van der Waals surface area contributed by atoms with E-state index in [2.05, 4.69) is 29.4 Å². The van der Waals surface area contributed by atoms with Crippen molar-refractivity contribution in [2.24, 2.45) is 16.7 Å². The van der Waals surface area contributed by atoms with Crippen LogP contribution in [-0.4, -0.2) is 72.9 Å². The molecule has 0 bridgehead atoms. The average molecular weight is 500 g/mol. The second-order valence-corrected chi connectivity index (χ2v) is 12.3. The molecule has 0 aromatic heterocycles. The van der Waals surface area contributed by atoms with Gasteiger partial charge in [-0.15, -0.1) is 0 Å². The highest BCUT2D eigenvalue weighted by molar-refractivity contribution is 5.79. The Bertz CT molecular complexity index is 897. The van der Waals surface area contributed by atoms with Gasteiger partial charge in [-0.05, 0) is 61.3 Å². The molecule has 1 aliphatic heterocycles. The molecule has 2 saturated carbocycles. The summed E-state index contributed by atoms with van der Waals surface area (Å²) in [5.41, 5.74) is 0.0974. The molecule has 4 atom stereocenters. The molecule has 200 valence electrons. The van der Waals surface area contributed by atoms with Gasteiger partial charge in [0.2, 0.25) is 11.8 Å². The van der Waals surface area contributed by atoms with Crippen LogP contribution in [0.4, 0.5) is 0 Å². The molecule has 36 heavy (non-hydrogen) atoms. The van der Waals surface area contributed by atoms with Gasteiger partial charge >= 0.3 is 0 Å². The van der Waals surface area contributed by atoms with E-state index in [1.165, 1.54) is 0 Å². The maximum absolute atomic E-state index is 13.1. The van der Waals surface area contributed by atoms with Crippen molar-refractivity contribution in [2.45, 2.75) is 77.4 Å². The van der Waals surface area contributed by atoms with Gasteiger partial charge in [-0.3, -0.25) is 14.5 Å². The highest BCUT2D eigenvalue weighted by Crippen LogP contribution is 2.63. The number of ether oxygens (including phenoxy) is 1. The Hall–Kier alpha value is -1.96. The Morgan fingerprint density at radius 1 is 1.06 bits per heavy atom. The maximum atomic E-state index is 13.1. The number of nitrogens with one attached hydrogen (secondary N) is 2. The molecule has 0 radical (unpaired) electrons. The maximum Gasteiger partial charge on any atom is 0.224 e. The first-order valence-corrected chi connectivity index (χ1v) is 13.7. The molecule has 0 spiro atoms. The Morgan fingerprint density at radius 3 is 2.50 bits per heavy atom. The van der Waals surface area contributed by atoms with Gasteiger partial charge in [-0.2, -0.15) is 0 Å². The second kappa shape index (κ2) is 11.2. The van der Waals surface area contributed by atoms with Crippen molar-refractivity contribution >= 4 is 11.8 Å². The van der Waals surface area contributed by atoms with Crippen molar-refractivity contribution in [1.29, 1.82) is 0 Å². The Labute approximate surface area is 216 Å². The zero-order valence-electron chi connectivity index (χ0n) is 22.4. The normalized spacial score (nSPS) is 32.0. The van der Waals surface area contributed by atoms with Gasteiger partial charge < -0.3 is 20.5 Å². The van der Waals surface area contributed by atoms with E-state index in [4.69, 9.17) is 4.74 Å². The number of rotatable bonds is 9. The lowest BCUT2D eigenvalue weighted by molar-refractivity contribution is -0.124. The number of amides is 2. The number of carbonyl (C=O) groups is 2. The number of aliphatic hydroxyl groups is 1. The van der Waals surface area contributed by atoms with Crippen LogP contribution in [0.15, 0.2) is 30.3 Å². The molecule has 7 nitrogen and oxygen atoms in total. The fraction of sp³-hybridized carbons (Fsp3) is 0.724.